The molecule has 0 radical (unpaired) electrons. The molecule has 0 unspecified atom stereocenters. The number of aliphatic imine (C=N–C) groups is 1. The van der Waals surface area contributed by atoms with Gasteiger partial charge in [0.1, 0.15) is 0 Å². The molecule has 138 valence electrons. The standard InChI is InChI=1S/C17H8F6N4/c18-16(19,20)14-5-12(3-1-10(14)7-24)26-9-27-13-4-2-11(8-25)15(6-13)17(21,22)23/h1-6,9H,(H,26,27). The lowest BCUT2D eigenvalue weighted by molar-refractivity contribution is -0.138. The van der Waals surface area contributed by atoms with Crippen LogP contribution in [-0.2, 0) is 12.4 Å². The van der Waals surface area contributed by atoms with Crippen LogP contribution in [0.2, 0.25) is 0 Å². The maximum absolute atomic E-state index is 12.9. The van der Waals surface area contributed by atoms with Gasteiger partial charge in [-0.15, -0.1) is 0 Å². The summed E-state index contributed by atoms with van der Waals surface area (Å²) in [6, 6.07) is 8.44. The maximum atomic E-state index is 12.9. The van der Waals surface area contributed by atoms with Crippen LogP contribution in [-0.4, -0.2) is 6.34 Å². The lowest BCUT2D eigenvalue weighted by Crippen LogP contribution is -2.09. The molecule has 0 atom stereocenters. The fourth-order valence-corrected chi connectivity index (χ4v) is 2.09. The van der Waals surface area contributed by atoms with Gasteiger partial charge in [0.25, 0.3) is 0 Å². The van der Waals surface area contributed by atoms with Crippen LogP contribution in [0.25, 0.3) is 0 Å². The number of alkyl halides is 6. The van der Waals surface area contributed by atoms with Gasteiger partial charge in [-0.2, -0.15) is 36.9 Å². The Kier molecular flexibility index (Phi) is 5.41. The third-order valence-electron chi connectivity index (χ3n) is 3.32. The number of nitriles is 2. The normalized spacial score (nSPS) is 11.9. The Morgan fingerprint density at radius 2 is 1.33 bits per heavy atom. The van der Waals surface area contributed by atoms with Gasteiger partial charge in [0.15, 0.2) is 0 Å². The number of halogens is 6. The molecule has 0 amide bonds. The van der Waals surface area contributed by atoms with E-state index in [1.54, 1.807) is 0 Å². The van der Waals surface area contributed by atoms with Gasteiger partial charge in [-0.05, 0) is 36.4 Å². The number of nitrogens with zero attached hydrogens (tertiary/aromatic N) is 3. The molecule has 4 nitrogen and oxygen atoms in total. The zero-order chi connectivity index (χ0) is 20.2. The van der Waals surface area contributed by atoms with Crippen molar-refractivity contribution < 1.29 is 26.3 Å². The first kappa shape index (κ1) is 19.8. The average molecular weight is 382 g/mol. The fraction of sp³-hybridized carbons (Fsp3) is 0.118. The van der Waals surface area contributed by atoms with Crippen molar-refractivity contribution in [2.75, 3.05) is 5.32 Å². The summed E-state index contributed by atoms with van der Waals surface area (Å²) in [4.78, 5) is 3.69. The van der Waals surface area contributed by atoms with Crippen LogP contribution in [0.1, 0.15) is 22.3 Å². The minimum Gasteiger partial charge on any atom is -0.346 e. The summed E-state index contributed by atoms with van der Waals surface area (Å²) in [6.45, 7) is 0. The predicted octanol–water partition coefficient (Wildman–Crippen LogP) is 5.24. The third kappa shape index (κ3) is 4.76. The molecule has 0 saturated carbocycles. The smallest absolute Gasteiger partial charge is 0.346 e. The van der Waals surface area contributed by atoms with Crippen molar-refractivity contribution in [2.24, 2.45) is 4.99 Å². The third-order valence-corrected chi connectivity index (χ3v) is 3.32. The van der Waals surface area contributed by atoms with Gasteiger partial charge in [0, 0.05) is 5.69 Å². The van der Waals surface area contributed by atoms with Crippen LogP contribution in [0, 0.1) is 22.7 Å². The van der Waals surface area contributed by atoms with Gasteiger partial charge in [-0.1, -0.05) is 0 Å². The van der Waals surface area contributed by atoms with E-state index in [-0.39, 0.29) is 11.4 Å². The first-order valence-corrected chi connectivity index (χ1v) is 7.08. The fourth-order valence-electron chi connectivity index (χ4n) is 2.09. The van der Waals surface area contributed by atoms with Crippen molar-refractivity contribution in [3.05, 3.63) is 58.7 Å². The minimum atomic E-state index is -4.75. The highest BCUT2D eigenvalue weighted by molar-refractivity contribution is 5.78. The van der Waals surface area contributed by atoms with E-state index in [2.05, 4.69) is 10.3 Å². The van der Waals surface area contributed by atoms with Crippen LogP contribution in [0.4, 0.5) is 37.7 Å². The zero-order valence-corrected chi connectivity index (χ0v) is 13.2. The molecule has 2 aromatic rings. The average Bonchev–Trinajstić information content (AvgIpc) is 2.60. The summed E-state index contributed by atoms with van der Waals surface area (Å²) in [6.07, 6.45) is -8.59. The molecule has 0 fully saturated rings. The highest BCUT2D eigenvalue weighted by Crippen LogP contribution is 2.35. The molecule has 2 aromatic carbocycles. The second-order valence-corrected chi connectivity index (χ2v) is 5.11. The lowest BCUT2D eigenvalue weighted by atomic mass is 10.1. The van der Waals surface area contributed by atoms with E-state index in [0.717, 1.165) is 24.5 Å². The van der Waals surface area contributed by atoms with E-state index in [9.17, 15) is 26.3 Å². The van der Waals surface area contributed by atoms with Crippen LogP contribution in [0.3, 0.4) is 0 Å². The van der Waals surface area contributed by atoms with Crippen molar-refractivity contribution in [2.45, 2.75) is 12.4 Å². The van der Waals surface area contributed by atoms with Gasteiger partial charge in [0.05, 0.1) is 46.4 Å². The Balaban J connectivity index is 2.27. The van der Waals surface area contributed by atoms with Crippen LogP contribution in [0.15, 0.2) is 41.4 Å². The van der Waals surface area contributed by atoms with Crippen molar-refractivity contribution in [3.8, 4) is 12.1 Å². The van der Waals surface area contributed by atoms with Gasteiger partial charge >= 0.3 is 12.4 Å². The summed E-state index contributed by atoms with van der Waals surface area (Å²) in [7, 11) is 0. The molecule has 0 aromatic heterocycles. The summed E-state index contributed by atoms with van der Waals surface area (Å²) in [5.41, 5.74) is -3.67. The quantitative estimate of drug-likeness (QED) is 0.448. The number of nitrogens with one attached hydrogen (secondary N) is 1. The molecule has 0 saturated heterocycles. The first-order chi connectivity index (χ1) is 12.6. The molecule has 0 bridgehead atoms. The predicted molar refractivity (Wildman–Crippen MR) is 84.1 cm³/mol. The molecule has 0 heterocycles. The zero-order valence-electron chi connectivity index (χ0n) is 13.2. The van der Waals surface area contributed by atoms with Crippen LogP contribution < -0.4 is 5.32 Å². The molecule has 0 aliphatic rings. The van der Waals surface area contributed by atoms with Crippen molar-refractivity contribution >= 4 is 17.7 Å². The van der Waals surface area contributed by atoms with Crippen molar-refractivity contribution in [1.82, 2.24) is 0 Å². The summed E-state index contributed by atoms with van der Waals surface area (Å²) in [5.74, 6) is 0. The van der Waals surface area contributed by atoms with Gasteiger partial charge < -0.3 is 5.32 Å². The molecule has 27 heavy (non-hydrogen) atoms. The van der Waals surface area contributed by atoms with E-state index >= 15 is 0 Å². The number of hydrogen-bond donors (Lipinski definition) is 1. The molecule has 1 N–H and O–H groups in total. The second kappa shape index (κ2) is 7.38. The second-order valence-electron chi connectivity index (χ2n) is 5.11. The van der Waals surface area contributed by atoms with Crippen molar-refractivity contribution in [1.29, 1.82) is 10.5 Å². The first-order valence-electron chi connectivity index (χ1n) is 7.08. The highest BCUT2D eigenvalue weighted by Gasteiger charge is 2.34. The number of benzene rings is 2. The molecular weight excluding hydrogens is 374 g/mol. The van der Waals surface area contributed by atoms with Crippen LogP contribution in [0.5, 0.6) is 0 Å². The highest BCUT2D eigenvalue weighted by atomic mass is 19.4. The number of hydrogen-bond acceptors (Lipinski definition) is 3. The van der Waals surface area contributed by atoms with Gasteiger partial charge in [0.2, 0.25) is 0 Å². The van der Waals surface area contributed by atoms with Crippen molar-refractivity contribution in [3.63, 3.8) is 0 Å². The molecule has 10 heteroatoms. The summed E-state index contributed by atoms with van der Waals surface area (Å²) < 4.78 is 77.3. The van der Waals surface area contributed by atoms with E-state index in [1.165, 1.54) is 18.2 Å². The van der Waals surface area contributed by atoms with E-state index in [4.69, 9.17) is 10.5 Å². The molecular formula is C17H8F6N4. The lowest BCUT2D eigenvalue weighted by Gasteiger charge is -2.10. The molecule has 0 spiro atoms. The SMILES string of the molecule is N#Cc1ccc(N=CNc2ccc(C#N)c(C(F)(F)F)c2)cc1C(F)(F)F. The van der Waals surface area contributed by atoms with E-state index in [1.807, 2.05) is 0 Å². The van der Waals surface area contributed by atoms with E-state index in [0.29, 0.717) is 12.1 Å². The minimum absolute atomic E-state index is 0.0604. The topological polar surface area (TPSA) is 72.0 Å². The van der Waals surface area contributed by atoms with E-state index < -0.39 is 34.6 Å². The largest absolute Gasteiger partial charge is 0.417 e. The Labute approximate surface area is 149 Å². The van der Waals surface area contributed by atoms with Gasteiger partial charge in [-0.25, -0.2) is 4.99 Å². The molecule has 0 aliphatic heterocycles. The summed E-state index contributed by atoms with van der Waals surface area (Å²) in [5, 5.41) is 19.8. The number of rotatable bonds is 3. The monoisotopic (exact) mass is 382 g/mol. The summed E-state index contributed by atoms with van der Waals surface area (Å²) >= 11 is 0. The Morgan fingerprint density at radius 1 is 0.815 bits per heavy atom. The Bertz CT molecular complexity index is 961. The Hall–Kier alpha value is -3.53. The van der Waals surface area contributed by atoms with Crippen LogP contribution >= 0.6 is 0 Å². The molecule has 0 aliphatic carbocycles. The number of anilines is 1. The Morgan fingerprint density at radius 3 is 1.85 bits per heavy atom. The maximum Gasteiger partial charge on any atom is 0.417 e. The molecule has 2 rings (SSSR count). The van der Waals surface area contributed by atoms with Gasteiger partial charge in [-0.3, -0.25) is 0 Å².